The summed E-state index contributed by atoms with van der Waals surface area (Å²) in [4.78, 5) is 4.86. The lowest BCUT2D eigenvalue weighted by Gasteiger charge is -2.40. The Morgan fingerprint density at radius 2 is 1.89 bits per heavy atom. The second-order valence-corrected chi connectivity index (χ2v) is 7.51. The van der Waals surface area contributed by atoms with E-state index in [1.165, 1.54) is 24.8 Å². The Kier molecular flexibility index (Phi) is 9.41. The average Bonchev–Trinajstić information content (AvgIpc) is 2.69. The third kappa shape index (κ3) is 6.59. The molecule has 0 atom stereocenters. The van der Waals surface area contributed by atoms with Crippen molar-refractivity contribution < 1.29 is 14.2 Å². The fourth-order valence-corrected chi connectivity index (χ4v) is 3.61. The zero-order valence-electron chi connectivity index (χ0n) is 18.0. The number of aliphatic imine (C=N–C) groups is 1. The van der Waals surface area contributed by atoms with Crippen molar-refractivity contribution >= 4 is 5.96 Å². The highest BCUT2D eigenvalue weighted by Crippen LogP contribution is 2.44. The largest absolute Gasteiger partial charge is 0.493 e. The highest BCUT2D eigenvalue weighted by Gasteiger charge is 2.36. The summed E-state index contributed by atoms with van der Waals surface area (Å²) in [5, 5.41) is 6.83. The quantitative estimate of drug-likeness (QED) is 0.325. The summed E-state index contributed by atoms with van der Waals surface area (Å²) in [7, 11) is 5.11. The van der Waals surface area contributed by atoms with Gasteiger partial charge >= 0.3 is 0 Å². The number of hydrogen-bond donors (Lipinski definition) is 2. The molecule has 0 unspecified atom stereocenters. The molecule has 6 heteroatoms. The van der Waals surface area contributed by atoms with Crippen LogP contribution in [0.5, 0.6) is 11.5 Å². The zero-order chi connectivity index (χ0) is 20.2. The molecule has 0 amide bonds. The van der Waals surface area contributed by atoms with Gasteiger partial charge in [0, 0.05) is 33.4 Å². The normalized spacial score (nSPS) is 15.6. The maximum absolute atomic E-state index is 5.38. The van der Waals surface area contributed by atoms with Gasteiger partial charge in [0.1, 0.15) is 0 Å². The first-order chi connectivity index (χ1) is 13.7. The van der Waals surface area contributed by atoms with Crippen LogP contribution in [0.15, 0.2) is 23.2 Å². The van der Waals surface area contributed by atoms with Gasteiger partial charge in [-0.25, -0.2) is 0 Å². The molecule has 2 rings (SSSR count). The van der Waals surface area contributed by atoms with Crippen LogP contribution in [0.25, 0.3) is 0 Å². The van der Waals surface area contributed by atoms with Crippen LogP contribution < -0.4 is 20.1 Å². The van der Waals surface area contributed by atoms with E-state index in [-0.39, 0.29) is 0 Å². The van der Waals surface area contributed by atoms with Crippen LogP contribution in [0.4, 0.5) is 0 Å². The van der Waals surface area contributed by atoms with Crippen molar-refractivity contribution in [3.05, 3.63) is 23.8 Å². The maximum Gasteiger partial charge on any atom is 0.191 e. The Balaban J connectivity index is 1.81. The third-order valence-corrected chi connectivity index (χ3v) is 5.55. The van der Waals surface area contributed by atoms with Crippen LogP contribution in [0.1, 0.15) is 44.6 Å². The van der Waals surface area contributed by atoms with E-state index >= 15 is 0 Å². The second-order valence-electron chi connectivity index (χ2n) is 7.51. The van der Waals surface area contributed by atoms with Gasteiger partial charge in [-0.2, -0.15) is 0 Å². The lowest BCUT2D eigenvalue weighted by atomic mass is 9.67. The lowest BCUT2D eigenvalue weighted by molar-refractivity contribution is 0.0778. The smallest absolute Gasteiger partial charge is 0.191 e. The topological polar surface area (TPSA) is 64.1 Å². The second kappa shape index (κ2) is 11.8. The van der Waals surface area contributed by atoms with Gasteiger partial charge < -0.3 is 24.8 Å². The predicted octanol–water partition coefficient (Wildman–Crippen LogP) is 3.40. The molecule has 1 fully saturated rings. The molecule has 158 valence electrons. The van der Waals surface area contributed by atoms with Crippen LogP contribution in [-0.2, 0) is 11.2 Å². The Morgan fingerprint density at radius 1 is 1.11 bits per heavy atom. The monoisotopic (exact) mass is 391 g/mol. The SMILES string of the molecule is CCNC(=NCC1(CCOC)CCC1)NCCCc1ccc(OC)c(OC)c1. The Bertz CT molecular complexity index is 615. The minimum Gasteiger partial charge on any atom is -0.493 e. The number of aryl methyl sites for hydroxylation is 1. The van der Waals surface area contributed by atoms with E-state index in [1.54, 1.807) is 21.3 Å². The molecule has 0 aliphatic heterocycles. The fraction of sp³-hybridized carbons (Fsp3) is 0.682. The number of rotatable bonds is 12. The van der Waals surface area contributed by atoms with Crippen molar-refractivity contribution in [1.82, 2.24) is 10.6 Å². The summed E-state index contributed by atoms with van der Waals surface area (Å²) < 4.78 is 16.0. The van der Waals surface area contributed by atoms with Gasteiger partial charge in [-0.3, -0.25) is 4.99 Å². The molecule has 28 heavy (non-hydrogen) atoms. The summed E-state index contributed by atoms with van der Waals surface area (Å²) in [5.74, 6) is 2.47. The van der Waals surface area contributed by atoms with Gasteiger partial charge in [0.2, 0.25) is 0 Å². The van der Waals surface area contributed by atoms with Gasteiger partial charge in [-0.1, -0.05) is 12.5 Å². The van der Waals surface area contributed by atoms with Crippen molar-refractivity contribution in [1.29, 1.82) is 0 Å². The van der Waals surface area contributed by atoms with Crippen molar-refractivity contribution in [3.8, 4) is 11.5 Å². The van der Waals surface area contributed by atoms with Crippen molar-refractivity contribution in [2.24, 2.45) is 10.4 Å². The van der Waals surface area contributed by atoms with Gasteiger partial charge in [-0.15, -0.1) is 0 Å². The minimum atomic E-state index is 0.345. The first-order valence-electron chi connectivity index (χ1n) is 10.4. The molecule has 0 bridgehead atoms. The van der Waals surface area contributed by atoms with E-state index in [1.807, 2.05) is 12.1 Å². The molecule has 0 heterocycles. The molecule has 0 spiro atoms. The van der Waals surface area contributed by atoms with Gasteiger partial charge in [0.25, 0.3) is 0 Å². The summed E-state index contributed by atoms with van der Waals surface area (Å²) in [6.07, 6.45) is 6.94. The summed E-state index contributed by atoms with van der Waals surface area (Å²) in [6, 6.07) is 6.11. The van der Waals surface area contributed by atoms with E-state index in [0.29, 0.717) is 5.41 Å². The first kappa shape index (κ1) is 22.3. The van der Waals surface area contributed by atoms with Crippen LogP contribution in [0.2, 0.25) is 0 Å². The number of nitrogens with zero attached hydrogens (tertiary/aromatic N) is 1. The average molecular weight is 392 g/mol. The summed E-state index contributed by atoms with van der Waals surface area (Å²) >= 11 is 0. The summed E-state index contributed by atoms with van der Waals surface area (Å²) in [6.45, 7) is 5.55. The summed E-state index contributed by atoms with van der Waals surface area (Å²) in [5.41, 5.74) is 1.59. The Morgan fingerprint density at radius 3 is 2.50 bits per heavy atom. The lowest BCUT2D eigenvalue weighted by Crippen LogP contribution is -2.40. The first-order valence-corrected chi connectivity index (χ1v) is 10.4. The number of guanidine groups is 1. The van der Waals surface area contributed by atoms with Crippen LogP contribution in [0.3, 0.4) is 0 Å². The highest BCUT2D eigenvalue weighted by atomic mass is 16.5. The third-order valence-electron chi connectivity index (χ3n) is 5.55. The molecule has 6 nitrogen and oxygen atoms in total. The number of nitrogens with one attached hydrogen (secondary N) is 2. The van der Waals surface area contributed by atoms with Gasteiger partial charge in [-0.05, 0) is 62.1 Å². The van der Waals surface area contributed by atoms with E-state index in [9.17, 15) is 0 Å². The number of ether oxygens (including phenoxy) is 3. The van der Waals surface area contributed by atoms with Crippen molar-refractivity contribution in [2.75, 3.05) is 47.6 Å². The molecule has 1 aliphatic carbocycles. The Labute approximate surface area is 170 Å². The van der Waals surface area contributed by atoms with Crippen LogP contribution >= 0.6 is 0 Å². The fourth-order valence-electron chi connectivity index (χ4n) is 3.61. The molecule has 2 N–H and O–H groups in total. The Hall–Kier alpha value is -1.95. The molecule has 1 aliphatic rings. The molecule has 1 saturated carbocycles. The molecular weight excluding hydrogens is 354 g/mol. The number of hydrogen-bond acceptors (Lipinski definition) is 4. The van der Waals surface area contributed by atoms with E-state index < -0.39 is 0 Å². The molecule has 1 aromatic rings. The number of methoxy groups -OCH3 is 3. The molecule has 0 aromatic heterocycles. The zero-order valence-corrected chi connectivity index (χ0v) is 18.0. The number of benzene rings is 1. The standard InChI is InChI=1S/C22H37N3O3/c1-5-23-21(25-17-22(11-7-12-22)13-15-26-2)24-14-6-8-18-9-10-19(27-3)20(16-18)28-4/h9-10,16H,5-8,11-15,17H2,1-4H3,(H2,23,24,25). The van der Waals surface area contributed by atoms with Crippen LogP contribution in [-0.4, -0.2) is 53.5 Å². The molecule has 0 radical (unpaired) electrons. The van der Waals surface area contributed by atoms with Gasteiger partial charge in [0.05, 0.1) is 14.2 Å². The predicted molar refractivity (Wildman–Crippen MR) is 115 cm³/mol. The molecular formula is C22H37N3O3. The van der Waals surface area contributed by atoms with Crippen LogP contribution in [0, 0.1) is 5.41 Å². The van der Waals surface area contributed by atoms with E-state index in [0.717, 1.165) is 63.0 Å². The molecule has 1 aromatic carbocycles. The molecule has 0 saturated heterocycles. The maximum atomic E-state index is 5.38. The van der Waals surface area contributed by atoms with E-state index in [4.69, 9.17) is 19.2 Å². The minimum absolute atomic E-state index is 0.345. The van der Waals surface area contributed by atoms with Crippen molar-refractivity contribution in [3.63, 3.8) is 0 Å². The van der Waals surface area contributed by atoms with Gasteiger partial charge in [0.15, 0.2) is 17.5 Å². The van der Waals surface area contributed by atoms with Crippen molar-refractivity contribution in [2.45, 2.75) is 45.4 Å². The van der Waals surface area contributed by atoms with E-state index in [2.05, 4.69) is 23.6 Å². The highest BCUT2D eigenvalue weighted by molar-refractivity contribution is 5.79.